The zero-order valence-electron chi connectivity index (χ0n) is 38.7. The maximum Gasteiger partial charge on any atom is 0.333 e. The van der Waals surface area contributed by atoms with Crippen LogP contribution < -0.4 is 0 Å². The molecule has 0 aromatic carbocycles. The summed E-state index contributed by atoms with van der Waals surface area (Å²) in [4.78, 5) is 32.9. The number of ether oxygens (including phenoxy) is 3. The molecule has 0 fully saturated rings. The Bertz CT molecular complexity index is 1270. The zero-order chi connectivity index (χ0) is 46.5. The van der Waals surface area contributed by atoms with Crippen molar-refractivity contribution >= 4 is 17.9 Å². The van der Waals surface area contributed by atoms with Crippen LogP contribution in [0.15, 0.2) is 136 Å². The smallest absolute Gasteiger partial charge is 0.333 e. The lowest BCUT2D eigenvalue weighted by atomic mass is 9.99. The predicted molar refractivity (Wildman–Crippen MR) is 258 cm³/mol. The normalized spacial score (nSPS) is 12.9. The van der Waals surface area contributed by atoms with E-state index in [9.17, 15) is 14.4 Å². The third-order valence-corrected chi connectivity index (χ3v) is 9.36. The molecule has 0 saturated heterocycles. The van der Waals surface area contributed by atoms with Gasteiger partial charge in [-0.25, -0.2) is 14.4 Å². The van der Waals surface area contributed by atoms with E-state index in [1.807, 2.05) is 24.3 Å². The van der Waals surface area contributed by atoms with Gasteiger partial charge in [0.05, 0.1) is 20.3 Å². The number of aliphatic hydroxyl groups is 2. The number of unbranched alkanes of at least 4 members (excludes halogenated alkanes) is 2. The Kier molecular flexibility index (Phi) is 44.8. The number of carbonyl (C=O) groups is 3. The van der Waals surface area contributed by atoms with E-state index in [1.165, 1.54) is 7.11 Å². The average Bonchev–Trinajstić information content (AvgIpc) is 3.25. The quantitative estimate of drug-likeness (QED) is 0.0213. The second-order valence-electron chi connectivity index (χ2n) is 15.1. The van der Waals surface area contributed by atoms with Gasteiger partial charge in [-0.2, -0.15) is 0 Å². The van der Waals surface area contributed by atoms with Crippen LogP contribution in [0, 0.1) is 23.7 Å². The molecule has 0 aliphatic rings. The second kappa shape index (κ2) is 45.0. The van der Waals surface area contributed by atoms with E-state index in [-0.39, 0.29) is 31.1 Å². The number of allylic oxidation sites excluding steroid dienone is 12. The van der Waals surface area contributed by atoms with Gasteiger partial charge in [-0.05, 0) is 147 Å². The van der Waals surface area contributed by atoms with Crippen LogP contribution >= 0.6 is 0 Å². The van der Waals surface area contributed by atoms with E-state index in [2.05, 4.69) is 99.4 Å². The van der Waals surface area contributed by atoms with Crippen LogP contribution in [-0.2, 0) is 28.6 Å². The van der Waals surface area contributed by atoms with Gasteiger partial charge in [0.1, 0.15) is 0 Å². The van der Waals surface area contributed by atoms with Crippen molar-refractivity contribution in [3.63, 3.8) is 0 Å². The molecule has 8 nitrogen and oxygen atoms in total. The minimum absolute atomic E-state index is 0.267. The number of hydrogen-bond acceptors (Lipinski definition) is 8. The van der Waals surface area contributed by atoms with Gasteiger partial charge in [0.25, 0.3) is 0 Å². The molecule has 0 spiro atoms. The summed E-state index contributed by atoms with van der Waals surface area (Å²) in [5, 5.41) is 17.7. The molecule has 0 amide bonds. The van der Waals surface area contributed by atoms with E-state index in [0.717, 1.165) is 103 Å². The molecule has 0 radical (unpaired) electrons. The van der Waals surface area contributed by atoms with Gasteiger partial charge in [-0.1, -0.05) is 92.6 Å². The first-order valence-electron chi connectivity index (χ1n) is 22.0. The maximum atomic E-state index is 11.3. The molecule has 0 heterocycles. The summed E-state index contributed by atoms with van der Waals surface area (Å²) in [6, 6.07) is 0. The Morgan fingerprint density at radius 2 is 0.721 bits per heavy atom. The van der Waals surface area contributed by atoms with Crippen molar-refractivity contribution in [2.45, 2.75) is 124 Å². The fourth-order valence-electron chi connectivity index (χ4n) is 5.42. The lowest BCUT2D eigenvalue weighted by Gasteiger charge is -2.10. The molecule has 0 aliphatic carbocycles. The number of hydrogen-bond donors (Lipinski definition) is 2. The molecule has 344 valence electrons. The summed E-state index contributed by atoms with van der Waals surface area (Å²) in [5.41, 5.74) is 1.30. The molecule has 61 heavy (non-hydrogen) atoms. The van der Waals surface area contributed by atoms with Crippen LogP contribution in [0.3, 0.4) is 0 Å². The number of rotatable bonds is 35. The highest BCUT2D eigenvalue weighted by Crippen LogP contribution is 2.17. The predicted octanol–water partition coefficient (Wildman–Crippen LogP) is 12.6. The largest absolute Gasteiger partial charge is 0.466 e. The van der Waals surface area contributed by atoms with Crippen molar-refractivity contribution in [3.8, 4) is 0 Å². The molecule has 8 heteroatoms. The van der Waals surface area contributed by atoms with Crippen molar-refractivity contribution in [2.75, 3.05) is 33.5 Å². The van der Waals surface area contributed by atoms with Crippen LogP contribution in [0.4, 0.5) is 0 Å². The third-order valence-electron chi connectivity index (χ3n) is 9.36. The van der Waals surface area contributed by atoms with Crippen molar-refractivity contribution in [1.82, 2.24) is 0 Å². The summed E-state index contributed by atoms with van der Waals surface area (Å²) in [6.45, 7) is 32.3. The highest BCUT2D eigenvalue weighted by molar-refractivity contribution is 5.87. The van der Waals surface area contributed by atoms with Gasteiger partial charge < -0.3 is 24.4 Å². The van der Waals surface area contributed by atoms with E-state index in [0.29, 0.717) is 53.6 Å². The van der Waals surface area contributed by atoms with Crippen LogP contribution in [0.5, 0.6) is 0 Å². The Hall–Kier alpha value is -4.53. The van der Waals surface area contributed by atoms with Crippen LogP contribution in [-0.4, -0.2) is 61.7 Å². The van der Waals surface area contributed by atoms with Crippen molar-refractivity contribution in [2.24, 2.45) is 23.7 Å². The molecule has 0 aromatic heterocycles. The molecule has 2 N–H and O–H groups in total. The van der Waals surface area contributed by atoms with Crippen LogP contribution in [0.1, 0.15) is 124 Å². The minimum Gasteiger partial charge on any atom is -0.466 e. The summed E-state index contributed by atoms with van der Waals surface area (Å²) in [5.74, 6) is 0.771. The Balaban J connectivity index is -0.000000997. The first kappa shape index (κ1) is 60.8. The zero-order valence-corrected chi connectivity index (χ0v) is 38.7. The molecule has 0 saturated carbocycles. The molecule has 0 aliphatic heterocycles. The van der Waals surface area contributed by atoms with Crippen LogP contribution in [0.2, 0.25) is 0 Å². The van der Waals surface area contributed by atoms with E-state index in [1.54, 1.807) is 20.8 Å². The number of methoxy groups -OCH3 is 1. The molecular weight excluding hydrogens is 765 g/mol. The van der Waals surface area contributed by atoms with Crippen molar-refractivity contribution in [3.05, 3.63) is 136 Å². The second-order valence-corrected chi connectivity index (χ2v) is 15.1. The molecule has 4 atom stereocenters. The fourth-order valence-corrected chi connectivity index (χ4v) is 5.42. The highest BCUT2D eigenvalue weighted by atomic mass is 16.5. The molecule has 0 bridgehead atoms. The van der Waals surface area contributed by atoms with E-state index >= 15 is 0 Å². The SMILES string of the molecule is C=C(C)C(=O)OC.C=CC(C/C=C/CC/C=C/CC(C=C)CCCO)CCCO.C=CC(C/C=C/CC/C=C/CC(C=C)CCCOC(=O)C(=C)C)CCCOC(=O)C(=C)C. The molecule has 0 aromatic rings. The number of esters is 3. The van der Waals surface area contributed by atoms with Crippen LogP contribution in [0.25, 0.3) is 0 Å². The third kappa shape index (κ3) is 42.0. The van der Waals surface area contributed by atoms with Gasteiger partial charge in [0.2, 0.25) is 0 Å². The minimum atomic E-state index is -0.347. The summed E-state index contributed by atoms with van der Waals surface area (Å²) < 4.78 is 14.5. The van der Waals surface area contributed by atoms with Crippen molar-refractivity contribution < 1.29 is 38.8 Å². The summed E-state index contributed by atoms with van der Waals surface area (Å²) in [7, 11) is 1.33. The first-order chi connectivity index (χ1) is 29.3. The fraction of sp³-hybridized carbons (Fsp3) is 0.528. The molecule has 4 unspecified atom stereocenters. The highest BCUT2D eigenvalue weighted by Gasteiger charge is 2.07. The Labute approximate surface area is 372 Å². The van der Waals surface area contributed by atoms with Gasteiger partial charge in [-0.3, -0.25) is 0 Å². The summed E-state index contributed by atoms with van der Waals surface area (Å²) >= 11 is 0. The number of aliphatic hydroxyl groups excluding tert-OH is 2. The lowest BCUT2D eigenvalue weighted by Crippen LogP contribution is -2.07. The average molecular weight is 849 g/mol. The topological polar surface area (TPSA) is 119 Å². The monoisotopic (exact) mass is 849 g/mol. The number of carbonyl (C=O) groups excluding carboxylic acids is 3. The van der Waals surface area contributed by atoms with E-state index < -0.39 is 0 Å². The lowest BCUT2D eigenvalue weighted by molar-refractivity contribution is -0.140. The Morgan fingerprint density at radius 3 is 0.918 bits per heavy atom. The molecule has 0 rings (SSSR count). The maximum absolute atomic E-state index is 11.3. The van der Waals surface area contributed by atoms with Crippen molar-refractivity contribution in [1.29, 1.82) is 0 Å². The van der Waals surface area contributed by atoms with E-state index in [4.69, 9.17) is 19.7 Å². The van der Waals surface area contributed by atoms with Gasteiger partial charge >= 0.3 is 17.9 Å². The molecular formula is C53H84O8. The standard InChI is InChI=1S/C28H42O4.C20H34O2.C5H8O2/c1-7-25(19-15-21-31-27(29)23(3)4)17-13-11-9-10-12-14-18-26(8-2)20-16-22-32-28(30)24(5)6;1-3-19(15-11-17-21)13-9-7-5-6-8-10-14-20(4-2)16-12-18-22;1-4(2)5(6)7-3/h7-8,11-14,25-26H,1-3,5,9-10,15-22H2,4,6H3;3-4,7-10,19-22H,1-2,5-6,11-18H2;1H2,2-3H3/b13-11+,14-12+;9-7+,10-8+;. The van der Waals surface area contributed by atoms with Gasteiger partial charge in [0.15, 0.2) is 0 Å². The van der Waals surface area contributed by atoms with Gasteiger partial charge in [0, 0.05) is 29.9 Å². The van der Waals surface area contributed by atoms with Gasteiger partial charge in [-0.15, -0.1) is 26.3 Å². The summed E-state index contributed by atoms with van der Waals surface area (Å²) in [6.07, 6.45) is 41.1. The Morgan fingerprint density at radius 1 is 0.459 bits per heavy atom. The first-order valence-corrected chi connectivity index (χ1v) is 22.0.